The van der Waals surface area contributed by atoms with Crippen LogP contribution >= 0.6 is 0 Å². The van der Waals surface area contributed by atoms with Gasteiger partial charge in [0.25, 0.3) is 5.56 Å². The van der Waals surface area contributed by atoms with Crippen molar-refractivity contribution >= 4 is 5.82 Å². The Morgan fingerprint density at radius 2 is 2.06 bits per heavy atom. The Hall–Kier alpha value is -1.52. The van der Waals surface area contributed by atoms with Gasteiger partial charge in [0.1, 0.15) is 5.82 Å². The summed E-state index contributed by atoms with van der Waals surface area (Å²) in [6, 6.07) is 1.80. The summed E-state index contributed by atoms with van der Waals surface area (Å²) in [5.41, 5.74) is -0.650. The zero-order chi connectivity index (χ0) is 12.4. The van der Waals surface area contributed by atoms with Crippen molar-refractivity contribution in [2.24, 2.45) is 13.0 Å². The van der Waals surface area contributed by atoms with E-state index < -0.39 is 0 Å². The molecule has 1 heterocycles. The second kappa shape index (κ2) is 4.77. The van der Waals surface area contributed by atoms with E-state index in [0.29, 0.717) is 17.8 Å². The van der Waals surface area contributed by atoms with Crippen LogP contribution in [0.4, 0.5) is 5.82 Å². The molecule has 2 unspecified atom stereocenters. The molecule has 94 valence electrons. The first-order valence-corrected chi connectivity index (χ1v) is 6.15. The zero-order valence-electron chi connectivity index (χ0n) is 10.3. The molecular weight excluding hydrogens is 218 g/mol. The van der Waals surface area contributed by atoms with Crippen molar-refractivity contribution in [3.63, 3.8) is 0 Å². The van der Waals surface area contributed by atoms with E-state index in [1.807, 2.05) is 0 Å². The number of aromatic amines is 1. The maximum absolute atomic E-state index is 11.5. The second-order valence-electron chi connectivity index (χ2n) is 4.90. The molecule has 17 heavy (non-hydrogen) atoms. The highest BCUT2D eigenvalue weighted by atomic mass is 16.2. The van der Waals surface area contributed by atoms with Gasteiger partial charge in [-0.05, 0) is 18.8 Å². The average molecular weight is 237 g/mol. The first-order valence-electron chi connectivity index (χ1n) is 6.15. The summed E-state index contributed by atoms with van der Waals surface area (Å²) >= 11 is 0. The van der Waals surface area contributed by atoms with Crippen LogP contribution in [0.25, 0.3) is 0 Å². The summed E-state index contributed by atoms with van der Waals surface area (Å²) in [6.07, 6.45) is 4.77. The number of aromatic nitrogens is 2. The smallest absolute Gasteiger partial charge is 0.329 e. The Morgan fingerprint density at radius 3 is 2.71 bits per heavy atom. The average Bonchev–Trinajstić information content (AvgIpc) is 2.29. The van der Waals surface area contributed by atoms with E-state index in [-0.39, 0.29) is 11.2 Å². The quantitative estimate of drug-likeness (QED) is 0.808. The van der Waals surface area contributed by atoms with Gasteiger partial charge in [0.05, 0.1) is 0 Å². The lowest BCUT2D eigenvalue weighted by Gasteiger charge is -2.30. The fourth-order valence-corrected chi connectivity index (χ4v) is 2.36. The summed E-state index contributed by atoms with van der Waals surface area (Å²) in [4.78, 5) is 25.6. The SMILES string of the molecule is CC1CCCCC1Nc1cc(=O)n(C)c(=O)[nH]1. The van der Waals surface area contributed by atoms with Gasteiger partial charge in [-0.25, -0.2) is 4.79 Å². The fraction of sp³-hybridized carbons (Fsp3) is 0.667. The molecule has 1 saturated carbocycles. The minimum absolute atomic E-state index is 0.278. The van der Waals surface area contributed by atoms with Crippen LogP contribution in [0, 0.1) is 5.92 Å². The van der Waals surface area contributed by atoms with Crippen LogP contribution in [-0.2, 0) is 7.05 Å². The minimum Gasteiger partial charge on any atom is -0.368 e. The summed E-state index contributed by atoms with van der Waals surface area (Å²) in [5.74, 6) is 1.12. The molecule has 0 aromatic carbocycles. The van der Waals surface area contributed by atoms with Crippen LogP contribution in [0.3, 0.4) is 0 Å². The van der Waals surface area contributed by atoms with E-state index in [2.05, 4.69) is 17.2 Å². The van der Waals surface area contributed by atoms with Crippen LogP contribution in [0.2, 0.25) is 0 Å². The van der Waals surface area contributed by atoms with Gasteiger partial charge < -0.3 is 5.32 Å². The third-order valence-electron chi connectivity index (χ3n) is 3.60. The lowest BCUT2D eigenvalue weighted by atomic mass is 9.86. The van der Waals surface area contributed by atoms with E-state index >= 15 is 0 Å². The topological polar surface area (TPSA) is 66.9 Å². The largest absolute Gasteiger partial charge is 0.368 e. The molecular formula is C12H19N3O2. The highest BCUT2D eigenvalue weighted by molar-refractivity contribution is 5.33. The molecule has 1 fully saturated rings. The molecule has 1 aliphatic rings. The van der Waals surface area contributed by atoms with Crippen molar-refractivity contribution in [2.45, 2.75) is 38.6 Å². The Balaban J connectivity index is 2.18. The Morgan fingerprint density at radius 1 is 1.35 bits per heavy atom. The van der Waals surface area contributed by atoms with Gasteiger partial charge >= 0.3 is 5.69 Å². The van der Waals surface area contributed by atoms with Crippen LogP contribution < -0.4 is 16.6 Å². The Kier molecular flexibility index (Phi) is 3.36. The molecule has 0 radical (unpaired) electrons. The van der Waals surface area contributed by atoms with Crippen molar-refractivity contribution < 1.29 is 0 Å². The van der Waals surface area contributed by atoms with Crippen molar-refractivity contribution in [1.82, 2.24) is 9.55 Å². The van der Waals surface area contributed by atoms with E-state index in [0.717, 1.165) is 11.0 Å². The lowest BCUT2D eigenvalue weighted by Crippen LogP contribution is -2.36. The number of nitrogens with one attached hydrogen (secondary N) is 2. The Labute approximate surface area is 99.9 Å². The predicted molar refractivity (Wildman–Crippen MR) is 67.3 cm³/mol. The summed E-state index contributed by atoms with van der Waals surface area (Å²) in [5, 5.41) is 3.27. The van der Waals surface area contributed by atoms with E-state index in [4.69, 9.17) is 0 Å². The molecule has 0 spiro atoms. The zero-order valence-corrected chi connectivity index (χ0v) is 10.3. The molecule has 0 amide bonds. The molecule has 0 bridgehead atoms. The van der Waals surface area contributed by atoms with Crippen molar-refractivity contribution in [2.75, 3.05) is 5.32 Å². The minimum atomic E-state index is -0.372. The Bertz CT molecular complexity index is 472. The van der Waals surface area contributed by atoms with Crippen LogP contribution in [0.15, 0.2) is 15.7 Å². The highest BCUT2D eigenvalue weighted by Crippen LogP contribution is 2.25. The first-order chi connectivity index (χ1) is 8.08. The van der Waals surface area contributed by atoms with Gasteiger partial charge in [0.15, 0.2) is 0 Å². The van der Waals surface area contributed by atoms with Crippen molar-refractivity contribution in [1.29, 1.82) is 0 Å². The van der Waals surface area contributed by atoms with Crippen molar-refractivity contribution in [3.05, 3.63) is 26.9 Å². The van der Waals surface area contributed by atoms with E-state index in [9.17, 15) is 9.59 Å². The van der Waals surface area contributed by atoms with Gasteiger partial charge in [0, 0.05) is 19.2 Å². The third kappa shape index (κ3) is 2.60. The third-order valence-corrected chi connectivity index (χ3v) is 3.60. The van der Waals surface area contributed by atoms with Crippen molar-refractivity contribution in [3.8, 4) is 0 Å². The number of nitrogens with zero attached hydrogens (tertiary/aromatic N) is 1. The number of hydrogen-bond donors (Lipinski definition) is 2. The van der Waals surface area contributed by atoms with Gasteiger partial charge in [-0.2, -0.15) is 0 Å². The first kappa shape index (κ1) is 12.0. The van der Waals surface area contributed by atoms with E-state index in [1.165, 1.54) is 32.4 Å². The molecule has 1 aliphatic carbocycles. The summed E-state index contributed by atoms with van der Waals surface area (Å²) in [6.45, 7) is 2.20. The number of H-pyrrole nitrogens is 1. The molecule has 2 N–H and O–H groups in total. The van der Waals surface area contributed by atoms with Crippen LogP contribution in [-0.4, -0.2) is 15.6 Å². The summed E-state index contributed by atoms with van der Waals surface area (Å²) in [7, 11) is 1.47. The highest BCUT2D eigenvalue weighted by Gasteiger charge is 2.21. The normalized spacial score (nSPS) is 24.6. The molecule has 5 heteroatoms. The van der Waals surface area contributed by atoms with Crippen LogP contribution in [0.5, 0.6) is 0 Å². The maximum Gasteiger partial charge on any atom is 0.329 e. The van der Waals surface area contributed by atoms with Gasteiger partial charge in [-0.1, -0.05) is 19.8 Å². The molecule has 5 nitrogen and oxygen atoms in total. The number of rotatable bonds is 2. The molecule has 2 rings (SSSR count). The second-order valence-corrected chi connectivity index (χ2v) is 4.90. The number of hydrogen-bond acceptors (Lipinski definition) is 3. The van der Waals surface area contributed by atoms with Gasteiger partial charge in [-0.3, -0.25) is 14.3 Å². The molecule has 0 aliphatic heterocycles. The molecule has 1 aromatic heterocycles. The monoisotopic (exact) mass is 237 g/mol. The molecule has 1 aromatic rings. The maximum atomic E-state index is 11.5. The number of anilines is 1. The molecule has 2 atom stereocenters. The molecule has 0 saturated heterocycles. The predicted octanol–water partition coefficient (Wildman–Crippen LogP) is 1.06. The fourth-order valence-electron chi connectivity index (χ4n) is 2.36. The summed E-state index contributed by atoms with van der Waals surface area (Å²) < 4.78 is 1.06. The lowest BCUT2D eigenvalue weighted by molar-refractivity contribution is 0.349. The van der Waals surface area contributed by atoms with Crippen LogP contribution in [0.1, 0.15) is 32.6 Å². The standard InChI is InChI=1S/C12H19N3O2/c1-8-5-3-4-6-9(8)13-10-7-11(16)15(2)12(17)14-10/h7-9,13H,3-6H2,1-2H3,(H,14,17). The van der Waals surface area contributed by atoms with Gasteiger partial charge in [0.2, 0.25) is 0 Å². The van der Waals surface area contributed by atoms with E-state index in [1.54, 1.807) is 0 Å². The van der Waals surface area contributed by atoms with Gasteiger partial charge in [-0.15, -0.1) is 0 Å².